The molecule has 0 aromatic carbocycles. The summed E-state index contributed by atoms with van der Waals surface area (Å²) >= 11 is 0. The Bertz CT molecular complexity index is 420. The van der Waals surface area contributed by atoms with Crippen molar-refractivity contribution in [2.45, 2.75) is 63.7 Å². The summed E-state index contributed by atoms with van der Waals surface area (Å²) in [6, 6.07) is -0.801. The van der Waals surface area contributed by atoms with Gasteiger partial charge in [0.25, 0.3) is 5.91 Å². The van der Waals surface area contributed by atoms with Gasteiger partial charge in [0.2, 0.25) is 0 Å². The van der Waals surface area contributed by atoms with Crippen molar-refractivity contribution >= 4 is 11.9 Å². The van der Waals surface area contributed by atoms with Gasteiger partial charge in [0, 0.05) is 5.41 Å². The molecule has 0 aromatic heterocycles. The highest BCUT2D eigenvalue weighted by Gasteiger charge is 2.50. The Kier molecular flexibility index (Phi) is 4.17. The lowest BCUT2D eigenvalue weighted by Crippen LogP contribution is -2.47. The van der Waals surface area contributed by atoms with E-state index in [1.165, 1.54) is 0 Å². The normalized spacial score (nSPS) is 33.3. The summed E-state index contributed by atoms with van der Waals surface area (Å²) in [5.74, 6) is -0.187. The van der Waals surface area contributed by atoms with Crippen molar-refractivity contribution < 1.29 is 19.1 Å². The van der Waals surface area contributed by atoms with Gasteiger partial charge in [-0.1, -0.05) is 19.8 Å². The van der Waals surface area contributed by atoms with Gasteiger partial charge in [-0.3, -0.25) is 10.1 Å². The summed E-state index contributed by atoms with van der Waals surface area (Å²) in [6.45, 7) is 3.75. The molecule has 6 heteroatoms. The largest absolute Gasteiger partial charge is 0.373 e. The van der Waals surface area contributed by atoms with E-state index in [9.17, 15) is 9.59 Å². The SMILES string of the molecule is CCCCC(CCC1CO1)(CC1CO1)C1NC(=O)NC1=O. The van der Waals surface area contributed by atoms with Gasteiger partial charge in [-0.2, -0.15) is 0 Å². The first-order valence-electron chi connectivity index (χ1n) is 7.97. The summed E-state index contributed by atoms with van der Waals surface area (Å²) in [7, 11) is 0. The van der Waals surface area contributed by atoms with Crippen molar-refractivity contribution in [1.82, 2.24) is 10.6 Å². The number of urea groups is 1. The average Bonchev–Trinajstić information content (AvgIpc) is 3.35. The van der Waals surface area contributed by atoms with Crippen molar-refractivity contribution in [3.8, 4) is 0 Å². The zero-order chi connectivity index (χ0) is 14.9. The lowest BCUT2D eigenvalue weighted by atomic mass is 9.69. The maximum atomic E-state index is 12.2. The Morgan fingerprint density at radius 3 is 2.43 bits per heavy atom. The predicted molar refractivity (Wildman–Crippen MR) is 75.8 cm³/mol. The van der Waals surface area contributed by atoms with E-state index >= 15 is 0 Å². The highest BCUT2D eigenvalue weighted by atomic mass is 16.6. The number of rotatable bonds is 9. The Hall–Kier alpha value is -1.14. The Balaban J connectivity index is 1.76. The van der Waals surface area contributed by atoms with Gasteiger partial charge in [-0.25, -0.2) is 4.79 Å². The number of amides is 3. The van der Waals surface area contributed by atoms with Gasteiger partial charge in [-0.05, 0) is 25.7 Å². The molecule has 21 heavy (non-hydrogen) atoms. The molecular weight excluding hydrogens is 272 g/mol. The molecule has 4 atom stereocenters. The van der Waals surface area contributed by atoms with Crippen molar-refractivity contribution in [3.05, 3.63) is 0 Å². The zero-order valence-corrected chi connectivity index (χ0v) is 12.5. The highest BCUT2D eigenvalue weighted by molar-refractivity contribution is 6.04. The van der Waals surface area contributed by atoms with E-state index in [1.54, 1.807) is 0 Å². The van der Waals surface area contributed by atoms with Crippen LogP contribution in [-0.4, -0.2) is 43.4 Å². The van der Waals surface area contributed by atoms with Crippen LogP contribution in [0.5, 0.6) is 0 Å². The third-order valence-electron chi connectivity index (χ3n) is 4.82. The Labute approximate surface area is 124 Å². The minimum Gasteiger partial charge on any atom is -0.373 e. The number of imide groups is 1. The number of carbonyl (C=O) groups is 2. The third kappa shape index (κ3) is 3.55. The second kappa shape index (κ2) is 5.93. The molecule has 3 rings (SSSR count). The molecule has 4 unspecified atom stereocenters. The van der Waals surface area contributed by atoms with Crippen LogP contribution in [0.4, 0.5) is 4.79 Å². The second-order valence-electron chi connectivity index (χ2n) is 6.52. The van der Waals surface area contributed by atoms with Gasteiger partial charge in [0.05, 0.1) is 25.4 Å². The maximum absolute atomic E-state index is 12.2. The van der Waals surface area contributed by atoms with Crippen molar-refractivity contribution in [1.29, 1.82) is 0 Å². The van der Waals surface area contributed by atoms with E-state index in [2.05, 4.69) is 17.6 Å². The topological polar surface area (TPSA) is 83.3 Å². The fraction of sp³-hybridized carbons (Fsp3) is 0.867. The molecule has 3 aliphatic rings. The number of carbonyl (C=O) groups excluding carboxylic acids is 2. The second-order valence-corrected chi connectivity index (χ2v) is 6.52. The molecule has 0 aliphatic carbocycles. The van der Waals surface area contributed by atoms with Gasteiger partial charge in [-0.15, -0.1) is 0 Å². The number of hydrogen-bond donors (Lipinski definition) is 2. The molecule has 3 aliphatic heterocycles. The average molecular weight is 296 g/mol. The summed E-state index contributed by atoms with van der Waals surface area (Å²) < 4.78 is 10.7. The smallest absolute Gasteiger partial charge is 0.322 e. The molecular formula is C15H24N2O4. The van der Waals surface area contributed by atoms with Crippen LogP contribution in [-0.2, 0) is 14.3 Å². The van der Waals surface area contributed by atoms with Crippen molar-refractivity contribution in [2.24, 2.45) is 5.41 Å². The van der Waals surface area contributed by atoms with Crippen LogP contribution >= 0.6 is 0 Å². The first-order chi connectivity index (χ1) is 10.1. The fourth-order valence-corrected chi connectivity index (χ4v) is 3.43. The molecule has 0 bridgehead atoms. The van der Waals surface area contributed by atoms with E-state index in [-0.39, 0.29) is 23.5 Å². The molecule has 0 spiro atoms. The van der Waals surface area contributed by atoms with E-state index in [0.29, 0.717) is 6.10 Å². The van der Waals surface area contributed by atoms with Crippen LogP contribution in [0.1, 0.15) is 45.4 Å². The van der Waals surface area contributed by atoms with Gasteiger partial charge in [0.1, 0.15) is 6.04 Å². The van der Waals surface area contributed by atoms with Crippen molar-refractivity contribution in [3.63, 3.8) is 0 Å². The molecule has 3 heterocycles. The molecule has 0 radical (unpaired) electrons. The van der Waals surface area contributed by atoms with E-state index in [4.69, 9.17) is 9.47 Å². The molecule has 2 N–H and O–H groups in total. The van der Waals surface area contributed by atoms with Crippen LogP contribution < -0.4 is 10.6 Å². The number of hydrogen-bond acceptors (Lipinski definition) is 4. The molecule has 3 saturated heterocycles. The number of nitrogens with one attached hydrogen (secondary N) is 2. The number of ether oxygens (including phenoxy) is 2. The van der Waals surface area contributed by atoms with E-state index in [1.807, 2.05) is 0 Å². The Morgan fingerprint density at radius 2 is 1.90 bits per heavy atom. The molecule has 0 saturated carbocycles. The summed E-state index contributed by atoms with van der Waals surface area (Å²) in [5, 5.41) is 5.22. The monoisotopic (exact) mass is 296 g/mol. The fourth-order valence-electron chi connectivity index (χ4n) is 3.43. The molecule has 0 aromatic rings. The maximum Gasteiger partial charge on any atom is 0.322 e. The van der Waals surface area contributed by atoms with Crippen LogP contribution in [0.25, 0.3) is 0 Å². The molecule has 118 valence electrons. The van der Waals surface area contributed by atoms with Crippen molar-refractivity contribution in [2.75, 3.05) is 13.2 Å². The first-order valence-corrected chi connectivity index (χ1v) is 7.97. The lowest BCUT2D eigenvalue weighted by Gasteiger charge is -2.37. The summed E-state index contributed by atoms with van der Waals surface area (Å²) in [6.07, 6.45) is 6.35. The molecule has 3 fully saturated rings. The third-order valence-corrected chi connectivity index (χ3v) is 4.82. The first kappa shape index (κ1) is 14.8. The highest BCUT2D eigenvalue weighted by Crippen LogP contribution is 2.44. The summed E-state index contributed by atoms with van der Waals surface area (Å²) in [4.78, 5) is 23.7. The minimum atomic E-state index is -0.431. The predicted octanol–water partition coefficient (Wildman–Crippen LogP) is 1.34. The van der Waals surface area contributed by atoms with Crippen LogP contribution in [0.15, 0.2) is 0 Å². The van der Waals surface area contributed by atoms with Gasteiger partial charge < -0.3 is 14.8 Å². The van der Waals surface area contributed by atoms with Gasteiger partial charge in [0.15, 0.2) is 0 Å². The van der Waals surface area contributed by atoms with Gasteiger partial charge >= 0.3 is 6.03 Å². The quantitative estimate of drug-likeness (QED) is 0.497. The summed E-state index contributed by atoms with van der Waals surface area (Å²) in [5.41, 5.74) is -0.209. The van der Waals surface area contributed by atoms with E-state index < -0.39 is 6.04 Å². The molecule has 3 amide bonds. The van der Waals surface area contributed by atoms with Crippen LogP contribution in [0, 0.1) is 5.41 Å². The Morgan fingerprint density at radius 1 is 1.19 bits per heavy atom. The van der Waals surface area contributed by atoms with Crippen LogP contribution in [0.3, 0.4) is 0 Å². The van der Waals surface area contributed by atoms with E-state index in [0.717, 1.165) is 51.7 Å². The zero-order valence-electron chi connectivity index (χ0n) is 12.5. The standard InChI is InChI=1S/C15H24N2O4/c1-2-3-5-15(7-11-9-21-11,6-4-10-8-20-10)12-13(18)17-14(19)16-12/h10-12H,2-9H2,1H3,(H2,16,17,18,19). The molecule has 6 nitrogen and oxygen atoms in total. The number of unbranched alkanes of at least 4 members (excludes halogenated alkanes) is 1. The minimum absolute atomic E-state index is 0.187. The van der Waals surface area contributed by atoms with Crippen LogP contribution in [0.2, 0.25) is 0 Å². The number of epoxide rings is 2. The lowest BCUT2D eigenvalue weighted by molar-refractivity contribution is -0.123.